The molecule has 6 nitrogen and oxygen atoms in total. The molecule has 0 bridgehead atoms. The number of carbonyl (C=O) groups is 2. The van der Waals surface area contributed by atoms with Gasteiger partial charge in [-0.15, -0.1) is 0 Å². The van der Waals surface area contributed by atoms with Crippen molar-refractivity contribution in [3.8, 4) is 5.69 Å². The van der Waals surface area contributed by atoms with Gasteiger partial charge in [0.2, 0.25) is 11.8 Å². The molecule has 2 aromatic rings. The molecule has 1 atom stereocenters. The van der Waals surface area contributed by atoms with Crippen LogP contribution in [0.15, 0.2) is 42.7 Å². The summed E-state index contributed by atoms with van der Waals surface area (Å²) < 4.78 is 1.79. The number of nitrogens with one attached hydrogen (secondary N) is 1. The van der Waals surface area contributed by atoms with Gasteiger partial charge >= 0.3 is 0 Å². The molecular formula is C21H28N4O2. The third-order valence-corrected chi connectivity index (χ3v) is 5.03. The zero-order valence-electron chi connectivity index (χ0n) is 15.9. The highest BCUT2D eigenvalue weighted by molar-refractivity contribution is 5.84. The van der Waals surface area contributed by atoms with Crippen LogP contribution in [-0.2, 0) is 9.59 Å². The number of benzene rings is 1. The van der Waals surface area contributed by atoms with E-state index in [1.54, 1.807) is 10.9 Å². The predicted molar refractivity (Wildman–Crippen MR) is 104 cm³/mol. The number of aromatic nitrogens is 2. The first-order chi connectivity index (χ1) is 13.1. The molecule has 1 saturated heterocycles. The van der Waals surface area contributed by atoms with Gasteiger partial charge in [-0.3, -0.25) is 9.59 Å². The minimum atomic E-state index is -0.150. The SMILES string of the molecule is C[C@@H](NC(=O)CCC(=O)N1CCCCCC1)c1cnn(-c2ccccc2)c1. The van der Waals surface area contributed by atoms with Crippen LogP contribution in [0.25, 0.3) is 5.69 Å². The molecule has 1 aliphatic heterocycles. The number of carbonyl (C=O) groups excluding carboxylic acids is 2. The summed E-state index contributed by atoms with van der Waals surface area (Å²) in [6.07, 6.45) is 8.72. The summed E-state index contributed by atoms with van der Waals surface area (Å²) in [6, 6.07) is 9.70. The maximum absolute atomic E-state index is 12.3. The van der Waals surface area contributed by atoms with E-state index >= 15 is 0 Å². The second-order valence-electron chi connectivity index (χ2n) is 7.14. The zero-order valence-corrected chi connectivity index (χ0v) is 15.9. The van der Waals surface area contributed by atoms with Gasteiger partial charge < -0.3 is 10.2 Å². The van der Waals surface area contributed by atoms with E-state index in [1.807, 2.05) is 48.4 Å². The van der Waals surface area contributed by atoms with E-state index in [2.05, 4.69) is 10.4 Å². The second kappa shape index (κ2) is 9.35. The number of likely N-dealkylation sites (tertiary alicyclic amines) is 1. The Balaban J connectivity index is 1.47. The smallest absolute Gasteiger partial charge is 0.223 e. The molecule has 0 saturated carbocycles. The van der Waals surface area contributed by atoms with Crippen LogP contribution >= 0.6 is 0 Å². The molecule has 1 aromatic carbocycles. The van der Waals surface area contributed by atoms with Crippen molar-refractivity contribution in [2.24, 2.45) is 0 Å². The Bertz CT molecular complexity index is 749. The van der Waals surface area contributed by atoms with E-state index in [9.17, 15) is 9.59 Å². The average molecular weight is 368 g/mol. The Morgan fingerprint density at radius 1 is 1.07 bits per heavy atom. The number of para-hydroxylation sites is 1. The largest absolute Gasteiger partial charge is 0.349 e. The molecule has 1 fully saturated rings. The first kappa shape index (κ1) is 19.1. The summed E-state index contributed by atoms with van der Waals surface area (Å²) in [5.41, 5.74) is 1.91. The molecule has 27 heavy (non-hydrogen) atoms. The molecule has 2 amide bonds. The predicted octanol–water partition coefficient (Wildman–Crippen LogP) is 3.23. The molecule has 6 heteroatoms. The Kier molecular flexibility index (Phi) is 6.63. The van der Waals surface area contributed by atoms with Crippen LogP contribution in [0.5, 0.6) is 0 Å². The van der Waals surface area contributed by atoms with Crippen molar-refractivity contribution in [1.29, 1.82) is 0 Å². The standard InChI is InChI=1S/C21H28N4O2/c1-17(18-15-22-25(16-18)19-9-5-4-6-10-19)23-20(26)11-12-21(27)24-13-7-2-3-8-14-24/h4-6,9-10,15-17H,2-3,7-8,11-14H2,1H3,(H,23,26)/t17-/m1/s1. The topological polar surface area (TPSA) is 67.2 Å². The van der Waals surface area contributed by atoms with Gasteiger partial charge in [-0.05, 0) is 31.9 Å². The van der Waals surface area contributed by atoms with Gasteiger partial charge in [-0.1, -0.05) is 31.0 Å². The molecule has 0 spiro atoms. The molecule has 0 unspecified atom stereocenters. The molecule has 2 heterocycles. The van der Waals surface area contributed by atoms with E-state index < -0.39 is 0 Å². The van der Waals surface area contributed by atoms with Crippen molar-refractivity contribution in [1.82, 2.24) is 20.0 Å². The number of rotatable bonds is 6. The summed E-state index contributed by atoms with van der Waals surface area (Å²) in [5, 5.41) is 7.33. The van der Waals surface area contributed by atoms with Gasteiger partial charge in [-0.2, -0.15) is 5.10 Å². The molecular weight excluding hydrogens is 340 g/mol. The fourth-order valence-electron chi connectivity index (χ4n) is 3.38. The fraction of sp³-hybridized carbons (Fsp3) is 0.476. The third-order valence-electron chi connectivity index (χ3n) is 5.03. The lowest BCUT2D eigenvalue weighted by Gasteiger charge is -2.20. The lowest BCUT2D eigenvalue weighted by molar-refractivity contribution is -0.133. The lowest BCUT2D eigenvalue weighted by atomic mass is 10.1. The van der Waals surface area contributed by atoms with Crippen LogP contribution in [-0.4, -0.2) is 39.6 Å². The average Bonchev–Trinajstić information content (AvgIpc) is 3.03. The molecule has 1 aliphatic rings. The van der Waals surface area contributed by atoms with E-state index in [0.717, 1.165) is 37.2 Å². The Labute approximate surface area is 160 Å². The molecule has 144 valence electrons. The highest BCUT2D eigenvalue weighted by Gasteiger charge is 2.18. The van der Waals surface area contributed by atoms with Gasteiger partial charge in [-0.25, -0.2) is 4.68 Å². The number of amides is 2. The second-order valence-corrected chi connectivity index (χ2v) is 7.14. The highest BCUT2D eigenvalue weighted by atomic mass is 16.2. The van der Waals surface area contributed by atoms with Crippen LogP contribution in [0.1, 0.15) is 57.1 Å². The maximum Gasteiger partial charge on any atom is 0.223 e. The van der Waals surface area contributed by atoms with Crippen molar-refractivity contribution in [3.63, 3.8) is 0 Å². The Hall–Kier alpha value is -2.63. The number of hydrogen-bond acceptors (Lipinski definition) is 3. The van der Waals surface area contributed by atoms with Gasteiger partial charge in [0.1, 0.15) is 0 Å². The summed E-state index contributed by atoms with van der Waals surface area (Å²) in [4.78, 5) is 26.5. The van der Waals surface area contributed by atoms with Gasteiger partial charge in [0.05, 0.1) is 17.9 Å². The number of hydrogen-bond donors (Lipinski definition) is 1. The van der Waals surface area contributed by atoms with Crippen molar-refractivity contribution in [2.45, 2.75) is 51.5 Å². The highest BCUT2D eigenvalue weighted by Crippen LogP contribution is 2.15. The summed E-state index contributed by atoms with van der Waals surface area (Å²) in [7, 11) is 0. The van der Waals surface area contributed by atoms with Crippen LogP contribution in [0.4, 0.5) is 0 Å². The Morgan fingerprint density at radius 3 is 2.48 bits per heavy atom. The quantitative estimate of drug-likeness (QED) is 0.851. The van der Waals surface area contributed by atoms with E-state index in [-0.39, 0.29) is 30.7 Å². The first-order valence-corrected chi connectivity index (χ1v) is 9.80. The fourth-order valence-corrected chi connectivity index (χ4v) is 3.38. The van der Waals surface area contributed by atoms with Crippen LogP contribution < -0.4 is 5.32 Å². The van der Waals surface area contributed by atoms with Crippen LogP contribution in [0.2, 0.25) is 0 Å². The van der Waals surface area contributed by atoms with Crippen LogP contribution in [0.3, 0.4) is 0 Å². The van der Waals surface area contributed by atoms with Gasteiger partial charge in [0.25, 0.3) is 0 Å². The Morgan fingerprint density at radius 2 is 1.78 bits per heavy atom. The minimum Gasteiger partial charge on any atom is -0.349 e. The normalized spacial score (nSPS) is 15.8. The van der Waals surface area contributed by atoms with E-state index in [0.29, 0.717) is 0 Å². The molecule has 0 aliphatic carbocycles. The molecule has 0 radical (unpaired) electrons. The maximum atomic E-state index is 12.3. The van der Waals surface area contributed by atoms with Crippen molar-refractivity contribution >= 4 is 11.8 Å². The molecule has 1 aromatic heterocycles. The lowest BCUT2D eigenvalue weighted by Crippen LogP contribution is -2.33. The third kappa shape index (κ3) is 5.42. The minimum absolute atomic E-state index is 0.0941. The molecule has 1 N–H and O–H groups in total. The first-order valence-electron chi connectivity index (χ1n) is 9.80. The van der Waals surface area contributed by atoms with Gasteiger partial charge in [0, 0.05) is 37.7 Å². The van der Waals surface area contributed by atoms with Crippen molar-refractivity contribution in [3.05, 3.63) is 48.3 Å². The van der Waals surface area contributed by atoms with E-state index in [1.165, 1.54) is 12.8 Å². The number of nitrogens with zero attached hydrogens (tertiary/aromatic N) is 3. The van der Waals surface area contributed by atoms with Gasteiger partial charge in [0.15, 0.2) is 0 Å². The van der Waals surface area contributed by atoms with Crippen LogP contribution in [0, 0.1) is 0 Å². The summed E-state index contributed by atoms with van der Waals surface area (Å²) >= 11 is 0. The van der Waals surface area contributed by atoms with Crippen molar-refractivity contribution < 1.29 is 9.59 Å². The summed E-state index contributed by atoms with van der Waals surface area (Å²) in [5.74, 6) is -0.00488. The van der Waals surface area contributed by atoms with E-state index in [4.69, 9.17) is 0 Å². The van der Waals surface area contributed by atoms with Crippen molar-refractivity contribution in [2.75, 3.05) is 13.1 Å². The monoisotopic (exact) mass is 368 g/mol. The zero-order chi connectivity index (χ0) is 19.1. The summed E-state index contributed by atoms with van der Waals surface area (Å²) in [6.45, 7) is 3.59. The molecule has 3 rings (SSSR count).